The fraction of sp³-hybridized carbons (Fsp3) is 0.611. The molecule has 0 aromatic heterocycles. The molecule has 1 aromatic rings. The molecule has 0 unspecified atom stereocenters. The van der Waals surface area contributed by atoms with Crippen LogP contribution in [0.5, 0.6) is 0 Å². The topological polar surface area (TPSA) is 75.8 Å². The Bertz CT molecular complexity index is 549. The highest BCUT2D eigenvalue weighted by atomic mass is 16.5. The van der Waals surface area contributed by atoms with Crippen molar-refractivity contribution in [2.75, 3.05) is 19.7 Å². The third kappa shape index (κ3) is 3.91. The summed E-state index contributed by atoms with van der Waals surface area (Å²) in [6, 6.07) is 8.14. The number of carbonyl (C=O) groups excluding carboxylic acids is 1. The number of carbonyl (C=O) groups is 1. The van der Waals surface area contributed by atoms with E-state index in [1.807, 2.05) is 11.0 Å². The molecule has 5 heteroatoms. The third-order valence-electron chi connectivity index (χ3n) is 4.94. The molecule has 3 rings (SSSR count). The van der Waals surface area contributed by atoms with Crippen LogP contribution >= 0.6 is 0 Å². The number of nitrogens with zero attached hydrogens (tertiary/aromatic N) is 1. The first-order valence-electron chi connectivity index (χ1n) is 8.56. The van der Waals surface area contributed by atoms with Crippen molar-refractivity contribution in [2.45, 2.75) is 50.4 Å². The van der Waals surface area contributed by atoms with Crippen LogP contribution in [-0.2, 0) is 16.0 Å². The molecule has 0 saturated carbocycles. The number of primary amides is 1. The van der Waals surface area contributed by atoms with E-state index in [2.05, 4.69) is 18.2 Å². The second-order valence-electron chi connectivity index (χ2n) is 6.62. The molecule has 23 heavy (non-hydrogen) atoms. The SMILES string of the molecule is NC(=O)[C@@H]1CCCN1C[C@@H](O)CO[C@@H]1CCCc2ccccc21. The van der Waals surface area contributed by atoms with E-state index in [1.165, 1.54) is 11.1 Å². The number of hydrogen-bond donors (Lipinski definition) is 2. The van der Waals surface area contributed by atoms with E-state index in [-0.39, 0.29) is 18.1 Å². The number of fused-ring (bicyclic) bond motifs is 1. The molecule has 1 amide bonds. The van der Waals surface area contributed by atoms with Gasteiger partial charge in [-0.2, -0.15) is 0 Å². The van der Waals surface area contributed by atoms with Crippen LogP contribution in [0.25, 0.3) is 0 Å². The van der Waals surface area contributed by atoms with Gasteiger partial charge < -0.3 is 15.6 Å². The lowest BCUT2D eigenvalue weighted by atomic mass is 9.89. The van der Waals surface area contributed by atoms with E-state index in [0.717, 1.165) is 38.6 Å². The van der Waals surface area contributed by atoms with Crippen LogP contribution in [-0.4, -0.2) is 47.8 Å². The zero-order valence-corrected chi connectivity index (χ0v) is 13.5. The van der Waals surface area contributed by atoms with Crippen molar-refractivity contribution >= 4 is 5.91 Å². The summed E-state index contributed by atoms with van der Waals surface area (Å²) < 4.78 is 5.98. The molecule has 0 spiro atoms. The second kappa shape index (κ2) is 7.43. The monoisotopic (exact) mass is 318 g/mol. The highest BCUT2D eigenvalue weighted by molar-refractivity contribution is 5.80. The Kier molecular flexibility index (Phi) is 5.30. The lowest BCUT2D eigenvalue weighted by Gasteiger charge is -2.28. The van der Waals surface area contributed by atoms with Gasteiger partial charge in [0.05, 0.1) is 24.9 Å². The number of nitrogens with two attached hydrogens (primary N) is 1. The average molecular weight is 318 g/mol. The Labute approximate surface area is 137 Å². The highest BCUT2D eigenvalue weighted by Crippen LogP contribution is 2.32. The molecule has 1 aromatic carbocycles. The minimum atomic E-state index is -0.593. The predicted molar refractivity (Wildman–Crippen MR) is 87.9 cm³/mol. The van der Waals surface area contributed by atoms with Gasteiger partial charge in [-0.15, -0.1) is 0 Å². The number of likely N-dealkylation sites (tertiary alicyclic amines) is 1. The summed E-state index contributed by atoms with van der Waals surface area (Å²) in [6.07, 6.45) is 4.44. The first-order valence-corrected chi connectivity index (χ1v) is 8.56. The van der Waals surface area contributed by atoms with Gasteiger partial charge >= 0.3 is 0 Å². The number of aryl methyl sites for hydroxylation is 1. The van der Waals surface area contributed by atoms with Crippen molar-refractivity contribution in [1.82, 2.24) is 4.90 Å². The van der Waals surface area contributed by atoms with Crippen LogP contribution in [0.15, 0.2) is 24.3 Å². The van der Waals surface area contributed by atoms with Crippen molar-refractivity contribution in [3.05, 3.63) is 35.4 Å². The highest BCUT2D eigenvalue weighted by Gasteiger charge is 2.30. The molecule has 126 valence electrons. The van der Waals surface area contributed by atoms with Crippen LogP contribution in [0.2, 0.25) is 0 Å². The maximum Gasteiger partial charge on any atom is 0.234 e. The Balaban J connectivity index is 1.52. The summed E-state index contributed by atoms with van der Waals surface area (Å²) in [7, 11) is 0. The van der Waals surface area contributed by atoms with E-state index in [0.29, 0.717) is 13.2 Å². The molecule has 1 aliphatic heterocycles. The van der Waals surface area contributed by atoms with Crippen molar-refractivity contribution in [3.63, 3.8) is 0 Å². The smallest absolute Gasteiger partial charge is 0.234 e. The Morgan fingerprint density at radius 2 is 2.17 bits per heavy atom. The van der Waals surface area contributed by atoms with Crippen LogP contribution in [0.4, 0.5) is 0 Å². The van der Waals surface area contributed by atoms with Crippen LogP contribution in [0, 0.1) is 0 Å². The summed E-state index contributed by atoms with van der Waals surface area (Å²) in [6.45, 7) is 1.56. The van der Waals surface area contributed by atoms with Crippen LogP contribution < -0.4 is 5.73 Å². The van der Waals surface area contributed by atoms with Gasteiger partial charge in [-0.05, 0) is 49.8 Å². The van der Waals surface area contributed by atoms with Gasteiger partial charge in [-0.1, -0.05) is 24.3 Å². The molecular formula is C18H26N2O3. The van der Waals surface area contributed by atoms with Gasteiger partial charge in [0.15, 0.2) is 0 Å². The normalized spacial score (nSPS) is 26.0. The minimum absolute atomic E-state index is 0.0696. The van der Waals surface area contributed by atoms with Gasteiger partial charge in [0, 0.05) is 6.54 Å². The van der Waals surface area contributed by atoms with Crippen molar-refractivity contribution in [1.29, 1.82) is 0 Å². The number of benzene rings is 1. The third-order valence-corrected chi connectivity index (χ3v) is 4.94. The number of hydrogen-bond acceptors (Lipinski definition) is 4. The van der Waals surface area contributed by atoms with Gasteiger partial charge in [-0.25, -0.2) is 0 Å². The molecule has 3 atom stereocenters. The van der Waals surface area contributed by atoms with Crippen molar-refractivity contribution < 1.29 is 14.6 Å². The molecule has 1 aliphatic carbocycles. The first-order chi connectivity index (χ1) is 11.1. The Morgan fingerprint density at radius 1 is 1.35 bits per heavy atom. The van der Waals surface area contributed by atoms with Crippen molar-refractivity contribution in [3.8, 4) is 0 Å². The summed E-state index contributed by atoms with van der Waals surface area (Å²) >= 11 is 0. The van der Waals surface area contributed by atoms with Crippen molar-refractivity contribution in [2.24, 2.45) is 5.73 Å². The predicted octanol–water partition coefficient (Wildman–Crippen LogP) is 1.39. The lowest BCUT2D eigenvalue weighted by molar-refractivity contribution is -0.123. The quantitative estimate of drug-likeness (QED) is 0.831. The van der Waals surface area contributed by atoms with E-state index >= 15 is 0 Å². The molecule has 1 heterocycles. The van der Waals surface area contributed by atoms with E-state index in [4.69, 9.17) is 10.5 Å². The molecule has 1 saturated heterocycles. The van der Waals surface area contributed by atoms with E-state index < -0.39 is 6.10 Å². The van der Waals surface area contributed by atoms with Crippen LogP contribution in [0.3, 0.4) is 0 Å². The van der Waals surface area contributed by atoms with E-state index in [1.54, 1.807) is 0 Å². The summed E-state index contributed by atoms with van der Waals surface area (Å²) in [5, 5.41) is 10.3. The molecular weight excluding hydrogens is 292 g/mol. The molecule has 0 bridgehead atoms. The van der Waals surface area contributed by atoms with Gasteiger partial charge in [0.2, 0.25) is 5.91 Å². The van der Waals surface area contributed by atoms with Gasteiger partial charge in [0.25, 0.3) is 0 Å². The zero-order chi connectivity index (χ0) is 16.2. The number of aliphatic hydroxyl groups is 1. The molecule has 3 N–H and O–H groups in total. The van der Waals surface area contributed by atoms with Crippen LogP contribution in [0.1, 0.15) is 42.9 Å². The first kappa shape index (κ1) is 16.4. The minimum Gasteiger partial charge on any atom is -0.389 e. The fourth-order valence-corrected chi connectivity index (χ4v) is 3.80. The second-order valence-corrected chi connectivity index (χ2v) is 6.62. The molecule has 0 radical (unpaired) electrons. The maximum atomic E-state index is 11.4. The van der Waals surface area contributed by atoms with Gasteiger partial charge in [-0.3, -0.25) is 9.69 Å². The maximum absolute atomic E-state index is 11.4. The molecule has 1 fully saturated rings. The molecule has 5 nitrogen and oxygen atoms in total. The summed E-state index contributed by atoms with van der Waals surface area (Å²) in [5.74, 6) is -0.295. The summed E-state index contributed by atoms with van der Waals surface area (Å²) in [4.78, 5) is 13.4. The van der Waals surface area contributed by atoms with Gasteiger partial charge in [0.1, 0.15) is 0 Å². The number of aliphatic hydroxyl groups excluding tert-OH is 1. The standard InChI is InChI=1S/C18H26N2O3/c19-18(22)16-8-4-10-20(16)11-14(21)12-23-17-9-3-6-13-5-1-2-7-15(13)17/h1-2,5,7,14,16-17,21H,3-4,6,8-12H2,(H2,19,22)/t14-,16+,17-/m1/s1. The number of amides is 1. The number of ether oxygens (including phenoxy) is 1. The fourth-order valence-electron chi connectivity index (χ4n) is 3.80. The summed E-state index contributed by atoms with van der Waals surface area (Å²) in [5.41, 5.74) is 8.02. The average Bonchev–Trinajstić information content (AvgIpc) is 3.01. The Morgan fingerprint density at radius 3 is 3.00 bits per heavy atom. The lowest BCUT2D eigenvalue weighted by Crippen LogP contribution is -2.44. The number of β-amino-alcohol motifs (C(OH)–C–C–N with tert-alkyl or cyclic N) is 1. The zero-order valence-electron chi connectivity index (χ0n) is 13.5. The Hall–Kier alpha value is -1.43. The number of rotatable bonds is 6. The molecule has 2 aliphatic rings. The van der Waals surface area contributed by atoms with E-state index in [9.17, 15) is 9.90 Å². The largest absolute Gasteiger partial charge is 0.389 e.